The van der Waals surface area contributed by atoms with E-state index in [-0.39, 0.29) is 5.88 Å². The van der Waals surface area contributed by atoms with Gasteiger partial charge in [0.05, 0.1) is 0 Å². The van der Waals surface area contributed by atoms with Crippen molar-refractivity contribution in [3.8, 4) is 0 Å². The van der Waals surface area contributed by atoms with E-state index in [1.807, 2.05) is 19.1 Å². The van der Waals surface area contributed by atoms with E-state index in [0.29, 0.717) is 11.9 Å². The van der Waals surface area contributed by atoms with E-state index in [0.717, 1.165) is 17.7 Å². The maximum absolute atomic E-state index is 5.61. The molecule has 1 heterocycles. The van der Waals surface area contributed by atoms with Crippen LogP contribution in [0.3, 0.4) is 0 Å². The third kappa shape index (κ3) is 2.58. The third-order valence-corrected chi connectivity index (χ3v) is 2.78. The molecule has 2 aromatic rings. The Morgan fingerprint density at radius 1 is 1.35 bits per heavy atom. The molecule has 1 aromatic carbocycles. The van der Waals surface area contributed by atoms with E-state index in [9.17, 15) is 0 Å². The number of hydrogen-bond donors (Lipinski definition) is 1. The Bertz CT molecular complexity index is 510. The molecule has 0 aliphatic rings. The molecular formula is C12H14ClN3O. The Balaban J connectivity index is 2.28. The zero-order valence-electron chi connectivity index (χ0n) is 9.83. The summed E-state index contributed by atoms with van der Waals surface area (Å²) in [5.74, 6) is 0.643. The highest BCUT2D eigenvalue weighted by Gasteiger charge is 2.09. The number of nitrogens with zero attached hydrogens (tertiary/aromatic N) is 2. The van der Waals surface area contributed by atoms with Crippen molar-refractivity contribution in [2.75, 3.05) is 5.32 Å². The zero-order valence-corrected chi connectivity index (χ0v) is 10.6. The molecule has 2 rings (SSSR count). The summed E-state index contributed by atoms with van der Waals surface area (Å²) >= 11 is 5.61. The minimum Gasteiger partial charge on any atom is -0.407 e. The number of benzene rings is 1. The summed E-state index contributed by atoms with van der Waals surface area (Å²) in [5, 5.41) is 10.8. The van der Waals surface area contributed by atoms with Crippen LogP contribution in [0.15, 0.2) is 22.6 Å². The van der Waals surface area contributed by atoms with E-state index < -0.39 is 0 Å². The summed E-state index contributed by atoms with van der Waals surface area (Å²) < 4.78 is 5.33. The summed E-state index contributed by atoms with van der Waals surface area (Å²) in [5.41, 5.74) is 3.39. The number of aromatic nitrogens is 2. The lowest BCUT2D eigenvalue weighted by atomic mass is 10.1. The molecule has 0 bridgehead atoms. The van der Waals surface area contributed by atoms with Gasteiger partial charge in [0, 0.05) is 5.69 Å². The van der Waals surface area contributed by atoms with Crippen molar-refractivity contribution in [1.29, 1.82) is 0 Å². The van der Waals surface area contributed by atoms with Crippen molar-refractivity contribution in [2.45, 2.75) is 26.1 Å². The lowest BCUT2D eigenvalue weighted by Crippen LogP contribution is -1.98. The fraction of sp³-hybridized carbons (Fsp3) is 0.333. The van der Waals surface area contributed by atoms with Crippen molar-refractivity contribution in [3.63, 3.8) is 0 Å². The highest BCUT2D eigenvalue weighted by atomic mass is 35.5. The van der Waals surface area contributed by atoms with Gasteiger partial charge >= 0.3 is 6.01 Å². The molecule has 0 spiro atoms. The number of halogens is 1. The van der Waals surface area contributed by atoms with Gasteiger partial charge < -0.3 is 9.73 Å². The van der Waals surface area contributed by atoms with Gasteiger partial charge in [-0.3, -0.25) is 0 Å². The van der Waals surface area contributed by atoms with Crippen LogP contribution >= 0.6 is 11.6 Å². The fourth-order valence-corrected chi connectivity index (χ4v) is 1.78. The Labute approximate surface area is 105 Å². The normalized spacial score (nSPS) is 10.5. The molecule has 0 saturated carbocycles. The van der Waals surface area contributed by atoms with Crippen LogP contribution in [0.5, 0.6) is 0 Å². The minimum atomic E-state index is 0.225. The molecule has 4 nitrogen and oxygen atoms in total. The highest BCUT2D eigenvalue weighted by molar-refractivity contribution is 6.16. The number of anilines is 2. The molecule has 1 aromatic heterocycles. The molecule has 0 aliphatic carbocycles. The summed E-state index contributed by atoms with van der Waals surface area (Å²) in [6.45, 7) is 4.15. The molecule has 5 heteroatoms. The van der Waals surface area contributed by atoms with Crippen LogP contribution in [0.4, 0.5) is 11.7 Å². The first-order valence-electron chi connectivity index (χ1n) is 5.48. The van der Waals surface area contributed by atoms with Crippen LogP contribution in [0, 0.1) is 6.92 Å². The Kier molecular flexibility index (Phi) is 3.64. The first-order chi connectivity index (χ1) is 8.24. The molecular weight excluding hydrogens is 238 g/mol. The maximum Gasteiger partial charge on any atom is 0.320 e. The molecule has 17 heavy (non-hydrogen) atoms. The van der Waals surface area contributed by atoms with Gasteiger partial charge in [0.1, 0.15) is 5.88 Å². The number of hydrogen-bond acceptors (Lipinski definition) is 4. The molecule has 0 aliphatic heterocycles. The van der Waals surface area contributed by atoms with Gasteiger partial charge in [0.25, 0.3) is 0 Å². The number of nitrogens with one attached hydrogen (secondary N) is 1. The smallest absolute Gasteiger partial charge is 0.320 e. The predicted octanol–water partition coefficient (Wildman–Crippen LogP) is 3.42. The molecule has 0 unspecified atom stereocenters. The van der Waals surface area contributed by atoms with Crippen LogP contribution < -0.4 is 5.32 Å². The van der Waals surface area contributed by atoms with Crippen molar-refractivity contribution >= 4 is 23.3 Å². The second kappa shape index (κ2) is 5.19. The molecule has 0 saturated heterocycles. The van der Waals surface area contributed by atoms with Crippen LogP contribution in [-0.4, -0.2) is 10.2 Å². The monoisotopic (exact) mass is 251 g/mol. The SMILES string of the molecule is CCc1cccc(C)c1Nc1nnc(CCl)o1. The Morgan fingerprint density at radius 3 is 2.82 bits per heavy atom. The second-order valence-electron chi connectivity index (χ2n) is 3.72. The molecule has 90 valence electrons. The quantitative estimate of drug-likeness (QED) is 0.846. The van der Waals surface area contributed by atoms with Gasteiger partial charge in [0.2, 0.25) is 5.89 Å². The largest absolute Gasteiger partial charge is 0.407 e. The minimum absolute atomic E-state index is 0.225. The lowest BCUT2D eigenvalue weighted by Gasteiger charge is -2.10. The van der Waals surface area contributed by atoms with E-state index in [2.05, 4.69) is 28.5 Å². The van der Waals surface area contributed by atoms with E-state index in [1.54, 1.807) is 0 Å². The molecule has 1 N–H and O–H groups in total. The predicted molar refractivity (Wildman–Crippen MR) is 67.7 cm³/mol. The molecule has 0 amide bonds. The third-order valence-electron chi connectivity index (χ3n) is 2.55. The van der Waals surface area contributed by atoms with Gasteiger partial charge in [-0.1, -0.05) is 30.2 Å². The standard InChI is InChI=1S/C12H14ClN3O/c1-3-9-6-4-5-8(2)11(9)14-12-16-15-10(7-13)17-12/h4-6H,3,7H2,1-2H3,(H,14,16). The summed E-state index contributed by atoms with van der Waals surface area (Å²) in [7, 11) is 0. The van der Waals surface area contributed by atoms with Crippen molar-refractivity contribution < 1.29 is 4.42 Å². The van der Waals surface area contributed by atoms with E-state index in [1.165, 1.54) is 5.56 Å². The molecule has 0 radical (unpaired) electrons. The zero-order chi connectivity index (χ0) is 12.3. The van der Waals surface area contributed by atoms with Crippen molar-refractivity contribution in [2.24, 2.45) is 0 Å². The lowest BCUT2D eigenvalue weighted by molar-refractivity contribution is 0.530. The van der Waals surface area contributed by atoms with Crippen LogP contribution in [0.2, 0.25) is 0 Å². The average Bonchev–Trinajstić information content (AvgIpc) is 2.79. The second-order valence-corrected chi connectivity index (χ2v) is 3.99. The first kappa shape index (κ1) is 11.9. The van der Waals surface area contributed by atoms with Gasteiger partial charge in [-0.15, -0.1) is 16.7 Å². The van der Waals surface area contributed by atoms with Gasteiger partial charge in [-0.25, -0.2) is 0 Å². The van der Waals surface area contributed by atoms with Gasteiger partial charge in [0.15, 0.2) is 0 Å². The summed E-state index contributed by atoms with van der Waals surface area (Å²) in [6.07, 6.45) is 0.945. The van der Waals surface area contributed by atoms with E-state index in [4.69, 9.17) is 16.0 Å². The highest BCUT2D eigenvalue weighted by Crippen LogP contribution is 2.24. The number of aryl methyl sites for hydroxylation is 2. The average molecular weight is 252 g/mol. The van der Waals surface area contributed by atoms with Gasteiger partial charge in [-0.05, 0) is 24.5 Å². The van der Waals surface area contributed by atoms with E-state index >= 15 is 0 Å². The molecule has 0 fully saturated rings. The topological polar surface area (TPSA) is 51.0 Å². The summed E-state index contributed by atoms with van der Waals surface area (Å²) in [4.78, 5) is 0. The Morgan fingerprint density at radius 2 is 2.18 bits per heavy atom. The number of rotatable bonds is 4. The van der Waals surface area contributed by atoms with Crippen LogP contribution in [0.25, 0.3) is 0 Å². The van der Waals surface area contributed by atoms with Crippen LogP contribution in [0.1, 0.15) is 23.9 Å². The van der Waals surface area contributed by atoms with Crippen molar-refractivity contribution in [1.82, 2.24) is 10.2 Å². The summed E-state index contributed by atoms with van der Waals surface area (Å²) in [6, 6.07) is 6.54. The van der Waals surface area contributed by atoms with Gasteiger partial charge in [-0.2, -0.15) is 0 Å². The maximum atomic E-state index is 5.61. The Hall–Kier alpha value is -1.55. The van der Waals surface area contributed by atoms with Crippen molar-refractivity contribution in [3.05, 3.63) is 35.2 Å². The molecule has 0 atom stereocenters. The first-order valence-corrected chi connectivity index (χ1v) is 6.02. The number of para-hydroxylation sites is 1. The number of alkyl halides is 1. The van der Waals surface area contributed by atoms with Crippen LogP contribution in [-0.2, 0) is 12.3 Å². The fourth-order valence-electron chi connectivity index (χ4n) is 1.67.